The number of carbonyl (C=O) groups is 2. The van der Waals surface area contributed by atoms with E-state index in [1.165, 1.54) is 21.3 Å². The van der Waals surface area contributed by atoms with Crippen LogP contribution in [0.15, 0.2) is 29.2 Å². The fourth-order valence-electron chi connectivity index (χ4n) is 4.07. The van der Waals surface area contributed by atoms with Gasteiger partial charge in [-0.3, -0.25) is 9.59 Å². The van der Waals surface area contributed by atoms with Gasteiger partial charge in [-0.15, -0.1) is 0 Å². The summed E-state index contributed by atoms with van der Waals surface area (Å²) in [6, 6.07) is 6.08. The van der Waals surface area contributed by atoms with Crippen molar-refractivity contribution in [3.05, 3.63) is 29.8 Å². The summed E-state index contributed by atoms with van der Waals surface area (Å²) < 4.78 is 27.6. The third kappa shape index (κ3) is 4.16. The quantitative estimate of drug-likeness (QED) is 0.842. The lowest BCUT2D eigenvalue weighted by Crippen LogP contribution is -2.42. The Balaban J connectivity index is 1.81. The second-order valence-corrected chi connectivity index (χ2v) is 9.81. The number of aliphatic carboxylic acids is 1. The molecule has 2 saturated heterocycles. The summed E-state index contributed by atoms with van der Waals surface area (Å²) >= 11 is 0. The summed E-state index contributed by atoms with van der Waals surface area (Å²) in [5, 5.41) is 9.10. The van der Waals surface area contributed by atoms with E-state index in [1.54, 1.807) is 12.1 Å². The van der Waals surface area contributed by atoms with Crippen LogP contribution in [0.5, 0.6) is 0 Å². The van der Waals surface area contributed by atoms with Crippen LogP contribution < -0.4 is 0 Å². The summed E-state index contributed by atoms with van der Waals surface area (Å²) in [4.78, 5) is 25.4. The summed E-state index contributed by atoms with van der Waals surface area (Å²) in [5.41, 5.74) is 0.278. The number of piperidine rings is 1. The van der Waals surface area contributed by atoms with Gasteiger partial charge < -0.3 is 10.0 Å². The predicted molar refractivity (Wildman–Crippen MR) is 99.8 cm³/mol. The molecule has 2 heterocycles. The van der Waals surface area contributed by atoms with Crippen LogP contribution in [-0.4, -0.2) is 60.8 Å². The van der Waals surface area contributed by atoms with Crippen LogP contribution in [0.2, 0.25) is 0 Å². The number of amides is 1. The van der Waals surface area contributed by atoms with Crippen LogP contribution in [0.3, 0.4) is 0 Å². The van der Waals surface area contributed by atoms with Crippen LogP contribution >= 0.6 is 0 Å². The summed E-state index contributed by atoms with van der Waals surface area (Å²) in [5.74, 6) is -1.19. The molecule has 1 N–H and O–H groups in total. The summed E-state index contributed by atoms with van der Waals surface area (Å²) in [7, 11) is -3.66. The average molecular weight is 394 g/mol. The minimum atomic E-state index is -3.66. The number of sulfonamides is 1. The van der Waals surface area contributed by atoms with E-state index in [2.05, 4.69) is 0 Å². The van der Waals surface area contributed by atoms with Crippen LogP contribution in [0.4, 0.5) is 0 Å². The molecule has 3 rings (SSSR count). The molecule has 1 aromatic carbocycles. The molecule has 1 amide bonds. The molecule has 3 atom stereocenters. The zero-order valence-electron chi connectivity index (χ0n) is 15.7. The van der Waals surface area contributed by atoms with Gasteiger partial charge in [0.15, 0.2) is 0 Å². The van der Waals surface area contributed by atoms with Crippen LogP contribution in [0.25, 0.3) is 0 Å². The molecular weight excluding hydrogens is 368 g/mol. The van der Waals surface area contributed by atoms with Crippen LogP contribution in [0.1, 0.15) is 37.0 Å². The van der Waals surface area contributed by atoms with Gasteiger partial charge in [0.2, 0.25) is 10.0 Å². The van der Waals surface area contributed by atoms with Crippen molar-refractivity contribution in [1.29, 1.82) is 0 Å². The molecule has 7 nitrogen and oxygen atoms in total. The van der Waals surface area contributed by atoms with E-state index < -0.39 is 21.9 Å². The minimum absolute atomic E-state index is 0.114. The number of carbonyl (C=O) groups excluding carboxylic acids is 1. The highest BCUT2D eigenvalue weighted by Crippen LogP contribution is 2.27. The second kappa shape index (κ2) is 7.59. The maximum atomic E-state index is 13.0. The highest BCUT2D eigenvalue weighted by Gasteiger charge is 2.34. The van der Waals surface area contributed by atoms with E-state index in [0.717, 1.165) is 6.42 Å². The molecule has 0 aliphatic carbocycles. The highest BCUT2D eigenvalue weighted by atomic mass is 32.2. The lowest BCUT2D eigenvalue weighted by Gasteiger charge is -2.34. The first-order valence-corrected chi connectivity index (χ1v) is 10.7. The average Bonchev–Trinajstić information content (AvgIpc) is 3.11. The number of carboxylic acid groups (broad SMARTS) is 1. The van der Waals surface area contributed by atoms with Gasteiger partial charge in [-0.25, -0.2) is 8.42 Å². The number of carboxylic acids is 1. The first kappa shape index (κ1) is 19.8. The number of rotatable bonds is 4. The Hall–Kier alpha value is -1.93. The van der Waals surface area contributed by atoms with Gasteiger partial charge in [0.1, 0.15) is 0 Å². The van der Waals surface area contributed by atoms with E-state index in [9.17, 15) is 18.0 Å². The molecule has 0 spiro atoms. The number of likely N-dealkylation sites (tertiary alicyclic amines) is 1. The van der Waals surface area contributed by atoms with Gasteiger partial charge in [0.05, 0.1) is 10.8 Å². The standard InChI is InChI=1S/C19H26N2O5S/c1-13-8-14(2)11-21(10-13)27(25,26)17-5-3-4-15(9-17)18(22)20-7-6-16(12-20)19(23)24/h3-5,9,13-14,16H,6-8,10-12H2,1-2H3,(H,23,24). The number of nitrogens with zero attached hydrogens (tertiary/aromatic N) is 2. The Kier molecular flexibility index (Phi) is 5.58. The molecule has 3 unspecified atom stereocenters. The largest absolute Gasteiger partial charge is 0.481 e. The van der Waals surface area contributed by atoms with Crippen molar-refractivity contribution in [2.45, 2.75) is 31.6 Å². The van der Waals surface area contributed by atoms with E-state index in [1.807, 2.05) is 13.8 Å². The van der Waals surface area contributed by atoms with E-state index in [-0.39, 0.29) is 22.9 Å². The van der Waals surface area contributed by atoms with Crippen LogP contribution in [0, 0.1) is 17.8 Å². The lowest BCUT2D eigenvalue weighted by atomic mass is 9.94. The van der Waals surface area contributed by atoms with Crippen molar-refractivity contribution in [3.8, 4) is 0 Å². The van der Waals surface area contributed by atoms with Crippen molar-refractivity contribution < 1.29 is 23.1 Å². The maximum Gasteiger partial charge on any atom is 0.308 e. The van der Waals surface area contributed by atoms with E-state index in [4.69, 9.17) is 5.11 Å². The molecule has 148 valence electrons. The molecule has 0 radical (unpaired) electrons. The van der Waals surface area contributed by atoms with Gasteiger partial charge >= 0.3 is 5.97 Å². The molecule has 8 heteroatoms. The minimum Gasteiger partial charge on any atom is -0.481 e. The molecule has 27 heavy (non-hydrogen) atoms. The van der Waals surface area contributed by atoms with E-state index in [0.29, 0.717) is 37.9 Å². The number of hydrogen-bond acceptors (Lipinski definition) is 4. The SMILES string of the molecule is CC1CC(C)CN(S(=O)(=O)c2cccc(C(=O)N3CCC(C(=O)O)C3)c2)C1. The van der Waals surface area contributed by atoms with Gasteiger partial charge in [-0.05, 0) is 42.9 Å². The molecule has 0 aromatic heterocycles. The Labute approximate surface area is 160 Å². The molecule has 2 fully saturated rings. The highest BCUT2D eigenvalue weighted by molar-refractivity contribution is 7.89. The molecule has 2 aliphatic rings. The normalized spacial score (nSPS) is 26.9. The first-order chi connectivity index (χ1) is 12.7. The van der Waals surface area contributed by atoms with Gasteiger partial charge in [-0.1, -0.05) is 19.9 Å². The van der Waals surface area contributed by atoms with Gasteiger partial charge in [0, 0.05) is 31.7 Å². The second-order valence-electron chi connectivity index (χ2n) is 7.87. The zero-order valence-corrected chi connectivity index (χ0v) is 16.5. The molecule has 2 aliphatic heterocycles. The molecule has 1 aromatic rings. The third-order valence-electron chi connectivity index (χ3n) is 5.38. The molecular formula is C19H26N2O5S. The zero-order chi connectivity index (χ0) is 19.8. The Morgan fingerprint density at radius 2 is 1.78 bits per heavy atom. The first-order valence-electron chi connectivity index (χ1n) is 9.30. The number of hydrogen-bond donors (Lipinski definition) is 1. The summed E-state index contributed by atoms with van der Waals surface area (Å²) in [6.45, 7) is 5.59. The lowest BCUT2D eigenvalue weighted by molar-refractivity contribution is -0.141. The third-order valence-corrected chi connectivity index (χ3v) is 7.21. The van der Waals surface area contributed by atoms with Crippen molar-refractivity contribution in [2.75, 3.05) is 26.2 Å². The summed E-state index contributed by atoms with van der Waals surface area (Å²) in [6.07, 6.45) is 1.42. The molecule has 0 saturated carbocycles. The molecule has 0 bridgehead atoms. The van der Waals surface area contributed by atoms with Crippen molar-refractivity contribution in [3.63, 3.8) is 0 Å². The number of benzene rings is 1. The topological polar surface area (TPSA) is 95.0 Å². The van der Waals surface area contributed by atoms with Crippen molar-refractivity contribution in [2.24, 2.45) is 17.8 Å². The Morgan fingerprint density at radius 3 is 2.37 bits per heavy atom. The predicted octanol–water partition coefficient (Wildman–Crippen LogP) is 1.90. The van der Waals surface area contributed by atoms with Crippen molar-refractivity contribution in [1.82, 2.24) is 9.21 Å². The van der Waals surface area contributed by atoms with Crippen molar-refractivity contribution >= 4 is 21.9 Å². The van der Waals surface area contributed by atoms with E-state index >= 15 is 0 Å². The maximum absolute atomic E-state index is 13.0. The fourth-order valence-corrected chi connectivity index (χ4v) is 5.80. The Morgan fingerprint density at radius 1 is 1.11 bits per heavy atom. The smallest absolute Gasteiger partial charge is 0.308 e. The van der Waals surface area contributed by atoms with Gasteiger partial charge in [-0.2, -0.15) is 4.31 Å². The van der Waals surface area contributed by atoms with Gasteiger partial charge in [0.25, 0.3) is 5.91 Å². The monoisotopic (exact) mass is 394 g/mol. The Bertz CT molecular complexity index is 828. The van der Waals surface area contributed by atoms with Crippen LogP contribution in [-0.2, 0) is 14.8 Å². The fraction of sp³-hybridized carbons (Fsp3) is 0.579.